The number of rotatable bonds is 3. The number of halogens is 1. The molecule has 1 aromatic rings. The molecule has 70 valence electrons. The van der Waals surface area contributed by atoms with Crippen LogP contribution < -0.4 is 4.74 Å². The molecule has 0 unspecified atom stereocenters. The van der Waals surface area contributed by atoms with E-state index in [1.54, 1.807) is 7.11 Å². The first-order valence-corrected chi connectivity index (χ1v) is 4.98. The minimum absolute atomic E-state index is 0.420. The van der Waals surface area contributed by atoms with Crippen molar-refractivity contribution in [3.63, 3.8) is 0 Å². The van der Waals surface area contributed by atoms with Crippen LogP contribution in [0, 0.1) is 0 Å². The highest BCUT2D eigenvalue weighted by atomic mass is 35.5. The average molecular weight is 198 g/mol. The molecule has 1 aromatic heterocycles. The van der Waals surface area contributed by atoms with Crippen molar-refractivity contribution in [1.29, 1.82) is 0 Å². The summed E-state index contributed by atoms with van der Waals surface area (Å²) in [5.74, 6) is 1.99. The first-order valence-electron chi connectivity index (χ1n) is 4.44. The molecule has 1 aliphatic carbocycles. The van der Waals surface area contributed by atoms with Crippen molar-refractivity contribution in [1.82, 2.24) is 4.98 Å². The van der Waals surface area contributed by atoms with E-state index in [0.717, 1.165) is 11.4 Å². The summed E-state index contributed by atoms with van der Waals surface area (Å²) < 4.78 is 5.32. The normalized spacial score (nSPS) is 15.8. The summed E-state index contributed by atoms with van der Waals surface area (Å²) in [6.07, 6.45) is 4.35. The Bertz CT molecular complexity index is 310. The van der Waals surface area contributed by atoms with E-state index in [2.05, 4.69) is 4.98 Å². The Morgan fingerprint density at radius 2 is 2.38 bits per heavy atom. The molecule has 0 spiro atoms. The monoisotopic (exact) mass is 197 g/mol. The van der Waals surface area contributed by atoms with Crippen LogP contribution in [0.5, 0.6) is 5.75 Å². The summed E-state index contributed by atoms with van der Waals surface area (Å²) in [5, 5.41) is 0. The van der Waals surface area contributed by atoms with Gasteiger partial charge in [0.1, 0.15) is 5.75 Å². The first kappa shape index (κ1) is 8.82. The maximum Gasteiger partial charge on any atom is 0.145 e. The van der Waals surface area contributed by atoms with Gasteiger partial charge in [0.15, 0.2) is 0 Å². The highest BCUT2D eigenvalue weighted by Crippen LogP contribution is 2.44. The van der Waals surface area contributed by atoms with Crippen LogP contribution in [0.25, 0.3) is 0 Å². The van der Waals surface area contributed by atoms with E-state index >= 15 is 0 Å². The number of hydrogen-bond acceptors (Lipinski definition) is 2. The molecule has 1 fully saturated rings. The van der Waals surface area contributed by atoms with Crippen LogP contribution in [0.4, 0.5) is 0 Å². The Hall–Kier alpha value is -0.760. The molecule has 0 saturated heterocycles. The van der Waals surface area contributed by atoms with E-state index in [4.69, 9.17) is 16.3 Å². The molecule has 0 bridgehead atoms. The Balaban J connectivity index is 2.41. The highest BCUT2D eigenvalue weighted by Gasteiger charge is 2.27. The number of hydrogen-bond donors (Lipinski definition) is 0. The number of ether oxygens (including phenoxy) is 1. The van der Waals surface area contributed by atoms with Gasteiger partial charge in [-0.3, -0.25) is 4.98 Å². The second kappa shape index (κ2) is 3.54. The Morgan fingerprint density at radius 1 is 1.62 bits per heavy atom. The fourth-order valence-electron chi connectivity index (χ4n) is 1.56. The predicted molar refractivity (Wildman–Crippen MR) is 52.3 cm³/mol. The van der Waals surface area contributed by atoms with Gasteiger partial charge in [0.25, 0.3) is 0 Å². The van der Waals surface area contributed by atoms with Gasteiger partial charge in [-0.1, -0.05) is 0 Å². The number of nitrogens with zero attached hydrogens (tertiary/aromatic N) is 1. The van der Waals surface area contributed by atoms with E-state index < -0.39 is 0 Å². The Labute approximate surface area is 82.9 Å². The van der Waals surface area contributed by atoms with Crippen LogP contribution >= 0.6 is 11.6 Å². The van der Waals surface area contributed by atoms with Crippen LogP contribution in [-0.4, -0.2) is 12.1 Å². The van der Waals surface area contributed by atoms with Crippen molar-refractivity contribution in [3.05, 3.63) is 23.5 Å². The van der Waals surface area contributed by atoms with Gasteiger partial charge in [-0.15, -0.1) is 11.6 Å². The summed E-state index contributed by atoms with van der Waals surface area (Å²) in [5.41, 5.74) is 2.13. The number of alkyl halides is 1. The summed E-state index contributed by atoms with van der Waals surface area (Å²) in [4.78, 5) is 4.18. The summed E-state index contributed by atoms with van der Waals surface area (Å²) in [7, 11) is 1.68. The van der Waals surface area contributed by atoms with Crippen LogP contribution in [0.1, 0.15) is 30.0 Å². The molecule has 1 saturated carbocycles. The van der Waals surface area contributed by atoms with Crippen molar-refractivity contribution in [3.8, 4) is 5.75 Å². The lowest BCUT2D eigenvalue weighted by Crippen LogP contribution is -1.97. The van der Waals surface area contributed by atoms with Crippen molar-refractivity contribution >= 4 is 11.6 Å². The lowest BCUT2D eigenvalue weighted by molar-refractivity contribution is 0.403. The molecular formula is C10H12ClNO. The lowest BCUT2D eigenvalue weighted by atomic mass is 10.1. The van der Waals surface area contributed by atoms with Gasteiger partial charge < -0.3 is 4.74 Å². The van der Waals surface area contributed by atoms with Crippen LogP contribution in [-0.2, 0) is 5.88 Å². The smallest absolute Gasteiger partial charge is 0.145 e. The maximum absolute atomic E-state index is 5.77. The molecule has 0 atom stereocenters. The third-order valence-corrected chi connectivity index (χ3v) is 2.61. The average Bonchev–Trinajstić information content (AvgIpc) is 2.99. The van der Waals surface area contributed by atoms with E-state index in [1.165, 1.54) is 18.4 Å². The SMILES string of the molecule is COc1c(C2CC2)ccnc1CCl. The zero-order valence-electron chi connectivity index (χ0n) is 7.59. The standard InChI is InChI=1S/C10H12ClNO/c1-13-10-8(7-2-3-7)4-5-12-9(10)6-11/h4-5,7H,2-3,6H2,1H3. The van der Waals surface area contributed by atoms with E-state index in [-0.39, 0.29) is 0 Å². The molecule has 0 aliphatic heterocycles. The third kappa shape index (κ3) is 1.63. The highest BCUT2D eigenvalue weighted by molar-refractivity contribution is 6.17. The lowest BCUT2D eigenvalue weighted by Gasteiger charge is -2.09. The second-order valence-corrected chi connectivity index (χ2v) is 3.56. The van der Waals surface area contributed by atoms with Crippen molar-refractivity contribution in [2.45, 2.75) is 24.6 Å². The molecule has 0 radical (unpaired) electrons. The zero-order valence-corrected chi connectivity index (χ0v) is 8.34. The molecule has 2 nitrogen and oxygen atoms in total. The van der Waals surface area contributed by atoms with E-state index in [1.807, 2.05) is 12.3 Å². The Morgan fingerprint density at radius 3 is 2.92 bits per heavy atom. The van der Waals surface area contributed by atoms with Gasteiger partial charge in [0.2, 0.25) is 0 Å². The van der Waals surface area contributed by atoms with E-state index in [9.17, 15) is 0 Å². The summed E-state index contributed by atoms with van der Waals surface area (Å²) in [6.45, 7) is 0. The van der Waals surface area contributed by atoms with E-state index in [0.29, 0.717) is 11.8 Å². The Kier molecular flexibility index (Phi) is 2.40. The van der Waals surface area contributed by atoms with Gasteiger partial charge in [0, 0.05) is 11.8 Å². The molecule has 1 heterocycles. The topological polar surface area (TPSA) is 22.1 Å². The van der Waals surface area contributed by atoms with Crippen LogP contribution in [0.2, 0.25) is 0 Å². The van der Waals surface area contributed by atoms with Crippen LogP contribution in [0.3, 0.4) is 0 Å². The third-order valence-electron chi connectivity index (χ3n) is 2.36. The van der Waals surface area contributed by atoms with Crippen molar-refractivity contribution in [2.75, 3.05) is 7.11 Å². The molecule has 0 N–H and O–H groups in total. The van der Waals surface area contributed by atoms with Gasteiger partial charge in [-0.2, -0.15) is 0 Å². The van der Waals surface area contributed by atoms with Gasteiger partial charge in [0.05, 0.1) is 18.7 Å². The van der Waals surface area contributed by atoms with Gasteiger partial charge >= 0.3 is 0 Å². The predicted octanol–water partition coefficient (Wildman–Crippen LogP) is 2.71. The molecule has 0 aromatic carbocycles. The molecule has 0 amide bonds. The zero-order chi connectivity index (χ0) is 9.26. The first-order chi connectivity index (χ1) is 6.36. The molecule has 2 rings (SSSR count). The van der Waals surface area contributed by atoms with Crippen molar-refractivity contribution in [2.24, 2.45) is 0 Å². The number of pyridine rings is 1. The summed E-state index contributed by atoms with van der Waals surface area (Å²) >= 11 is 5.77. The largest absolute Gasteiger partial charge is 0.494 e. The molecule has 3 heteroatoms. The van der Waals surface area contributed by atoms with Gasteiger partial charge in [-0.25, -0.2) is 0 Å². The van der Waals surface area contributed by atoms with Crippen molar-refractivity contribution < 1.29 is 4.74 Å². The minimum Gasteiger partial charge on any atom is -0.494 e. The summed E-state index contributed by atoms with van der Waals surface area (Å²) in [6, 6.07) is 2.03. The van der Waals surface area contributed by atoms with Gasteiger partial charge in [-0.05, 0) is 24.8 Å². The number of aromatic nitrogens is 1. The fourth-order valence-corrected chi connectivity index (χ4v) is 1.75. The molecular weight excluding hydrogens is 186 g/mol. The number of methoxy groups -OCH3 is 1. The second-order valence-electron chi connectivity index (χ2n) is 3.29. The molecule has 13 heavy (non-hydrogen) atoms. The minimum atomic E-state index is 0.420. The maximum atomic E-state index is 5.77. The quantitative estimate of drug-likeness (QED) is 0.696. The fraction of sp³-hybridized carbons (Fsp3) is 0.500. The molecule has 1 aliphatic rings. The van der Waals surface area contributed by atoms with Crippen LogP contribution in [0.15, 0.2) is 12.3 Å².